The van der Waals surface area contributed by atoms with Crippen molar-refractivity contribution in [2.75, 3.05) is 6.61 Å². The fourth-order valence-corrected chi connectivity index (χ4v) is 3.34. The summed E-state index contributed by atoms with van der Waals surface area (Å²) in [5.74, 6) is 0. The van der Waals surface area contributed by atoms with Gasteiger partial charge in [0.1, 0.15) is 10.1 Å². The molecule has 23 heavy (non-hydrogen) atoms. The first-order valence-corrected chi connectivity index (χ1v) is 8.79. The summed E-state index contributed by atoms with van der Waals surface area (Å²) in [7, 11) is 0. The molecular formula is C18H18N2OS2. The number of nitrogens with one attached hydrogen (secondary N) is 2. The highest BCUT2D eigenvalue weighted by atomic mass is 32.2. The topological polar surface area (TPSA) is 56.9 Å². The minimum atomic E-state index is 0.304. The highest BCUT2D eigenvalue weighted by Gasteiger charge is 2.15. The Bertz CT molecular complexity index is 629. The zero-order valence-electron chi connectivity index (χ0n) is 12.8. The van der Waals surface area contributed by atoms with Crippen LogP contribution in [0.2, 0.25) is 0 Å². The lowest BCUT2D eigenvalue weighted by Crippen LogP contribution is -2.06. The van der Waals surface area contributed by atoms with Gasteiger partial charge in [-0.05, 0) is 31.2 Å². The Kier molecular flexibility index (Phi) is 6.97. The molecule has 118 valence electrons. The molecule has 2 rings (SSSR count). The fourth-order valence-electron chi connectivity index (χ4n) is 1.70. The molecule has 0 fully saturated rings. The number of rotatable bonds is 6. The van der Waals surface area contributed by atoms with Crippen LogP contribution in [-0.2, 0) is 4.74 Å². The number of hydrogen-bond donors (Lipinski definition) is 2. The fraction of sp³-hybridized carbons (Fsp3) is 0.111. The molecule has 2 N–H and O–H groups in total. The Labute approximate surface area is 145 Å². The molecule has 0 saturated heterocycles. The second-order valence-electron chi connectivity index (χ2n) is 4.48. The van der Waals surface area contributed by atoms with Crippen molar-refractivity contribution in [2.45, 2.75) is 16.7 Å². The lowest BCUT2D eigenvalue weighted by Gasteiger charge is -2.10. The van der Waals surface area contributed by atoms with E-state index in [1.807, 2.05) is 67.6 Å². The molecule has 0 saturated carbocycles. The molecule has 0 radical (unpaired) electrons. The molecule has 3 nitrogen and oxygen atoms in total. The highest BCUT2D eigenvalue weighted by molar-refractivity contribution is 8.17. The maximum atomic E-state index is 8.32. The molecule has 5 heteroatoms. The monoisotopic (exact) mass is 342 g/mol. The molecule has 0 aliphatic rings. The Hall–Kier alpha value is -1.98. The molecule has 0 heterocycles. The normalized spacial score (nSPS) is 9.96. The van der Waals surface area contributed by atoms with Crippen molar-refractivity contribution in [3.05, 3.63) is 72.5 Å². The molecule has 2 aromatic rings. The highest BCUT2D eigenvalue weighted by Crippen LogP contribution is 2.28. The largest absolute Gasteiger partial charge is 0.501 e. The van der Waals surface area contributed by atoms with E-state index >= 15 is 0 Å². The zero-order valence-corrected chi connectivity index (χ0v) is 14.4. The summed E-state index contributed by atoms with van der Waals surface area (Å²) in [6.07, 6.45) is 1.51. The molecule has 0 amide bonds. The van der Waals surface area contributed by atoms with Gasteiger partial charge in [-0.1, -0.05) is 59.9 Å². The molecule has 0 aliphatic heterocycles. The SMILES string of the molecule is CCOC=C(C(=N)Sc1ccccc1)C(=N)Sc1ccccc1. The van der Waals surface area contributed by atoms with Gasteiger partial charge in [-0.25, -0.2) is 0 Å². The van der Waals surface area contributed by atoms with Crippen LogP contribution in [0.1, 0.15) is 6.92 Å². The summed E-state index contributed by atoms with van der Waals surface area (Å²) in [5, 5.41) is 17.2. The van der Waals surface area contributed by atoms with Crippen LogP contribution in [0.25, 0.3) is 0 Å². The van der Waals surface area contributed by atoms with E-state index in [1.165, 1.54) is 29.8 Å². The van der Waals surface area contributed by atoms with Crippen LogP contribution in [0.15, 0.2) is 82.3 Å². The van der Waals surface area contributed by atoms with Crippen LogP contribution in [0.5, 0.6) is 0 Å². The van der Waals surface area contributed by atoms with Gasteiger partial charge >= 0.3 is 0 Å². The third kappa shape index (κ3) is 5.62. The summed E-state index contributed by atoms with van der Waals surface area (Å²) in [5.41, 5.74) is 0.495. The predicted octanol–water partition coefficient (Wildman–Crippen LogP) is 5.45. The third-order valence-corrected chi connectivity index (χ3v) is 4.65. The van der Waals surface area contributed by atoms with Crippen LogP contribution in [0.3, 0.4) is 0 Å². The van der Waals surface area contributed by atoms with E-state index in [9.17, 15) is 0 Å². The van der Waals surface area contributed by atoms with Crippen LogP contribution >= 0.6 is 23.5 Å². The van der Waals surface area contributed by atoms with E-state index in [4.69, 9.17) is 15.6 Å². The van der Waals surface area contributed by atoms with Gasteiger partial charge in [-0.15, -0.1) is 0 Å². The van der Waals surface area contributed by atoms with E-state index in [2.05, 4.69) is 0 Å². The maximum absolute atomic E-state index is 8.32. The molecule has 0 bridgehead atoms. The lowest BCUT2D eigenvalue weighted by atomic mass is 10.3. The molecule has 2 aromatic carbocycles. The predicted molar refractivity (Wildman–Crippen MR) is 99.8 cm³/mol. The second kappa shape index (κ2) is 9.22. The van der Waals surface area contributed by atoms with Crippen molar-refractivity contribution in [3.8, 4) is 0 Å². The van der Waals surface area contributed by atoms with E-state index in [-0.39, 0.29) is 0 Å². The quantitative estimate of drug-likeness (QED) is 0.318. The first-order chi connectivity index (χ1) is 11.2. The van der Waals surface area contributed by atoms with E-state index in [0.717, 1.165) is 9.79 Å². The average molecular weight is 342 g/mol. The summed E-state index contributed by atoms with van der Waals surface area (Å²) in [6, 6.07) is 19.4. The van der Waals surface area contributed by atoms with Gasteiger partial charge in [0.05, 0.1) is 18.4 Å². The van der Waals surface area contributed by atoms with Crippen LogP contribution in [-0.4, -0.2) is 16.7 Å². The smallest absolute Gasteiger partial charge is 0.105 e. The van der Waals surface area contributed by atoms with Crippen molar-refractivity contribution in [1.29, 1.82) is 10.8 Å². The van der Waals surface area contributed by atoms with E-state index in [0.29, 0.717) is 22.3 Å². The van der Waals surface area contributed by atoms with Crippen molar-refractivity contribution in [2.24, 2.45) is 0 Å². The maximum Gasteiger partial charge on any atom is 0.105 e. The Balaban J connectivity index is 2.13. The van der Waals surface area contributed by atoms with Gasteiger partial charge < -0.3 is 4.74 Å². The number of ether oxygens (including phenoxy) is 1. The summed E-state index contributed by atoms with van der Waals surface area (Å²) < 4.78 is 5.34. The summed E-state index contributed by atoms with van der Waals surface area (Å²) in [4.78, 5) is 1.94. The molecule has 0 aromatic heterocycles. The van der Waals surface area contributed by atoms with E-state index in [1.54, 1.807) is 0 Å². The van der Waals surface area contributed by atoms with Crippen LogP contribution in [0, 0.1) is 10.8 Å². The van der Waals surface area contributed by atoms with Crippen LogP contribution in [0.4, 0.5) is 0 Å². The van der Waals surface area contributed by atoms with Gasteiger partial charge in [0, 0.05) is 9.79 Å². The van der Waals surface area contributed by atoms with Crippen molar-refractivity contribution >= 4 is 33.6 Å². The zero-order chi connectivity index (χ0) is 16.5. The van der Waals surface area contributed by atoms with Gasteiger partial charge in [0.25, 0.3) is 0 Å². The minimum Gasteiger partial charge on any atom is -0.501 e. The average Bonchev–Trinajstić information content (AvgIpc) is 2.57. The molecule has 0 atom stereocenters. The Morgan fingerprint density at radius 1 is 0.870 bits per heavy atom. The Morgan fingerprint density at radius 2 is 1.30 bits per heavy atom. The second-order valence-corrected chi connectivity index (χ2v) is 6.64. The number of thioether (sulfide) groups is 2. The third-order valence-electron chi connectivity index (χ3n) is 2.78. The van der Waals surface area contributed by atoms with Gasteiger partial charge in [0.15, 0.2) is 0 Å². The van der Waals surface area contributed by atoms with Crippen molar-refractivity contribution in [3.63, 3.8) is 0 Å². The summed E-state index contributed by atoms with van der Waals surface area (Å²) in [6.45, 7) is 2.39. The molecule has 0 spiro atoms. The number of hydrogen-bond acceptors (Lipinski definition) is 5. The first-order valence-electron chi connectivity index (χ1n) is 7.16. The summed E-state index contributed by atoms with van der Waals surface area (Å²) >= 11 is 2.64. The van der Waals surface area contributed by atoms with Crippen molar-refractivity contribution in [1.82, 2.24) is 0 Å². The molecule has 0 unspecified atom stereocenters. The molecular weight excluding hydrogens is 324 g/mol. The lowest BCUT2D eigenvalue weighted by molar-refractivity contribution is 0.268. The van der Waals surface area contributed by atoms with Gasteiger partial charge in [0.2, 0.25) is 0 Å². The minimum absolute atomic E-state index is 0.304. The standard InChI is InChI=1S/C18H18N2OS2/c1-2-21-13-16(17(19)22-14-9-5-3-6-10-14)18(20)23-15-11-7-4-8-12-15/h3-13,19-20H,2H2,1H3. The van der Waals surface area contributed by atoms with Crippen molar-refractivity contribution < 1.29 is 4.74 Å². The van der Waals surface area contributed by atoms with Gasteiger partial charge in [-0.2, -0.15) is 0 Å². The molecule has 0 aliphatic carbocycles. The van der Waals surface area contributed by atoms with Crippen LogP contribution < -0.4 is 0 Å². The van der Waals surface area contributed by atoms with E-state index < -0.39 is 0 Å². The van der Waals surface area contributed by atoms with Gasteiger partial charge in [-0.3, -0.25) is 10.8 Å². The Morgan fingerprint density at radius 3 is 1.70 bits per heavy atom. The number of benzene rings is 2. The first kappa shape index (κ1) is 17.4.